The minimum Gasteiger partial charge on any atom is -0.496 e. The van der Waals surface area contributed by atoms with E-state index in [1.165, 1.54) is 0 Å². The zero-order valence-corrected chi connectivity index (χ0v) is 13.6. The molecule has 0 aromatic heterocycles. The fourth-order valence-electron chi connectivity index (χ4n) is 2.86. The second kappa shape index (κ2) is 7.11. The fourth-order valence-corrected chi connectivity index (χ4v) is 2.86. The highest BCUT2D eigenvalue weighted by Gasteiger charge is 2.33. The van der Waals surface area contributed by atoms with Gasteiger partial charge in [0.1, 0.15) is 11.9 Å². The number of hydrogen-bond acceptors (Lipinski definition) is 4. The Morgan fingerprint density at radius 3 is 2.77 bits per heavy atom. The Morgan fingerprint density at radius 1 is 1.41 bits per heavy atom. The average molecular weight is 306 g/mol. The second-order valence-corrected chi connectivity index (χ2v) is 6.42. The van der Waals surface area contributed by atoms with Crippen molar-refractivity contribution in [3.63, 3.8) is 0 Å². The number of ether oxygens (including phenoxy) is 2. The van der Waals surface area contributed by atoms with Gasteiger partial charge in [-0.05, 0) is 44.7 Å². The maximum Gasteiger partial charge on any atom is 0.249 e. The van der Waals surface area contributed by atoms with E-state index < -0.39 is 0 Å². The number of rotatable bonds is 6. The monoisotopic (exact) mass is 306 g/mol. The molecule has 1 aliphatic rings. The molecular weight excluding hydrogens is 280 g/mol. The number of benzene rings is 1. The van der Waals surface area contributed by atoms with E-state index in [9.17, 15) is 4.79 Å². The van der Waals surface area contributed by atoms with Gasteiger partial charge in [-0.3, -0.25) is 4.79 Å². The third-order valence-electron chi connectivity index (χ3n) is 3.95. The molecular formula is C17H26N2O3. The molecule has 3 N–H and O–H groups in total. The predicted molar refractivity (Wildman–Crippen MR) is 85.9 cm³/mol. The number of methoxy groups -OCH3 is 1. The number of hydrogen-bond donors (Lipinski definition) is 2. The Balaban J connectivity index is 1.97. The van der Waals surface area contributed by atoms with Crippen LogP contribution in [0, 0.1) is 0 Å². The molecule has 0 radical (unpaired) electrons. The first-order chi connectivity index (χ1) is 10.4. The van der Waals surface area contributed by atoms with Crippen LogP contribution < -0.4 is 15.8 Å². The van der Waals surface area contributed by atoms with E-state index in [1.54, 1.807) is 7.11 Å². The van der Waals surface area contributed by atoms with Crippen molar-refractivity contribution in [1.82, 2.24) is 5.32 Å². The van der Waals surface area contributed by atoms with Crippen molar-refractivity contribution in [3.8, 4) is 5.75 Å². The van der Waals surface area contributed by atoms with Crippen molar-refractivity contribution in [2.75, 3.05) is 13.7 Å². The van der Waals surface area contributed by atoms with Crippen LogP contribution in [0.2, 0.25) is 0 Å². The van der Waals surface area contributed by atoms with Crippen LogP contribution in [-0.4, -0.2) is 37.3 Å². The van der Waals surface area contributed by atoms with Gasteiger partial charge in [-0.25, -0.2) is 0 Å². The summed E-state index contributed by atoms with van der Waals surface area (Å²) in [6.45, 7) is 4.48. The molecule has 5 nitrogen and oxygen atoms in total. The zero-order chi connectivity index (χ0) is 16.2. The van der Waals surface area contributed by atoms with Crippen LogP contribution in [0.15, 0.2) is 24.3 Å². The average Bonchev–Trinajstić information content (AvgIpc) is 2.96. The van der Waals surface area contributed by atoms with Crippen LogP contribution in [0.4, 0.5) is 0 Å². The summed E-state index contributed by atoms with van der Waals surface area (Å²) in [4.78, 5) is 12.4. The maximum atomic E-state index is 12.4. The quantitative estimate of drug-likeness (QED) is 0.838. The van der Waals surface area contributed by atoms with Gasteiger partial charge < -0.3 is 20.5 Å². The molecule has 22 heavy (non-hydrogen) atoms. The summed E-state index contributed by atoms with van der Waals surface area (Å²) in [5.74, 6) is 0.779. The molecule has 2 rings (SSSR count). The molecule has 0 bridgehead atoms. The lowest BCUT2D eigenvalue weighted by Gasteiger charge is -2.28. The Hall–Kier alpha value is -1.59. The van der Waals surface area contributed by atoms with Gasteiger partial charge >= 0.3 is 0 Å². The first-order valence-electron chi connectivity index (χ1n) is 7.74. The summed E-state index contributed by atoms with van der Waals surface area (Å²) >= 11 is 0. The van der Waals surface area contributed by atoms with E-state index >= 15 is 0 Å². The van der Waals surface area contributed by atoms with Crippen LogP contribution in [0.3, 0.4) is 0 Å². The van der Waals surface area contributed by atoms with Crippen molar-refractivity contribution in [3.05, 3.63) is 29.8 Å². The molecule has 2 atom stereocenters. The number of nitrogens with two attached hydrogens (primary N) is 1. The molecule has 1 aromatic rings. The minimum atomic E-state index is -0.384. The second-order valence-electron chi connectivity index (χ2n) is 6.42. The third kappa shape index (κ3) is 4.21. The van der Waals surface area contributed by atoms with Gasteiger partial charge in [0.25, 0.3) is 0 Å². The summed E-state index contributed by atoms with van der Waals surface area (Å²) in [5.41, 5.74) is 6.28. The molecule has 0 saturated carbocycles. The molecule has 1 amide bonds. The van der Waals surface area contributed by atoms with Crippen molar-refractivity contribution in [2.24, 2.45) is 5.73 Å². The topological polar surface area (TPSA) is 73.6 Å². The third-order valence-corrected chi connectivity index (χ3v) is 3.95. The highest BCUT2D eigenvalue weighted by atomic mass is 16.5. The van der Waals surface area contributed by atoms with E-state index in [2.05, 4.69) is 5.32 Å². The van der Waals surface area contributed by atoms with Gasteiger partial charge in [0.2, 0.25) is 5.91 Å². The fraction of sp³-hybridized carbons (Fsp3) is 0.588. The summed E-state index contributed by atoms with van der Waals surface area (Å²) in [6.07, 6.45) is 1.90. The van der Waals surface area contributed by atoms with E-state index in [-0.39, 0.29) is 23.7 Å². The molecule has 0 spiro atoms. The van der Waals surface area contributed by atoms with Crippen LogP contribution in [0.5, 0.6) is 5.75 Å². The zero-order valence-electron chi connectivity index (χ0n) is 13.6. The van der Waals surface area contributed by atoms with Crippen LogP contribution in [0.1, 0.15) is 32.3 Å². The molecule has 5 heteroatoms. The standard InChI is InChI=1S/C17H26N2O3/c1-17(2,10-12-6-4-5-7-14(12)21-3)19-16(20)15-9-8-13(11-18)22-15/h4-7,13,15H,8-11,18H2,1-3H3,(H,19,20)/t13-,15+/m1/s1. The molecule has 122 valence electrons. The lowest BCUT2D eigenvalue weighted by Crippen LogP contribution is -2.49. The SMILES string of the molecule is COc1ccccc1CC(C)(C)NC(=O)[C@@H]1CC[C@H](CN)O1. The van der Waals surface area contributed by atoms with Crippen LogP contribution in [-0.2, 0) is 16.0 Å². The number of nitrogens with one attached hydrogen (secondary N) is 1. The number of para-hydroxylation sites is 1. The maximum absolute atomic E-state index is 12.4. The van der Waals surface area contributed by atoms with E-state index in [0.717, 1.165) is 24.2 Å². The minimum absolute atomic E-state index is 0.00748. The van der Waals surface area contributed by atoms with Crippen LogP contribution >= 0.6 is 0 Å². The Kier molecular flexibility index (Phi) is 5.42. The first-order valence-corrected chi connectivity index (χ1v) is 7.74. The highest BCUT2D eigenvalue weighted by molar-refractivity contribution is 5.81. The molecule has 1 saturated heterocycles. The predicted octanol–water partition coefficient (Wildman–Crippen LogP) is 1.64. The lowest BCUT2D eigenvalue weighted by atomic mass is 9.94. The summed E-state index contributed by atoms with van der Waals surface area (Å²) in [5, 5.41) is 3.08. The molecule has 1 heterocycles. The Labute approximate surface area is 132 Å². The molecule has 1 fully saturated rings. The summed E-state index contributed by atoms with van der Waals surface area (Å²) in [6, 6.07) is 7.86. The smallest absolute Gasteiger partial charge is 0.249 e. The van der Waals surface area contributed by atoms with Gasteiger partial charge in [0.05, 0.1) is 13.2 Å². The van der Waals surface area contributed by atoms with E-state index in [4.69, 9.17) is 15.2 Å². The Morgan fingerprint density at radius 2 is 2.14 bits per heavy atom. The molecule has 0 aliphatic carbocycles. The van der Waals surface area contributed by atoms with Gasteiger partial charge in [-0.2, -0.15) is 0 Å². The van der Waals surface area contributed by atoms with Crippen LogP contribution in [0.25, 0.3) is 0 Å². The summed E-state index contributed by atoms with van der Waals surface area (Å²) in [7, 11) is 1.66. The highest BCUT2D eigenvalue weighted by Crippen LogP contribution is 2.24. The van der Waals surface area contributed by atoms with Gasteiger partial charge in [-0.1, -0.05) is 18.2 Å². The Bertz CT molecular complexity index is 516. The number of carbonyl (C=O) groups excluding carboxylic acids is 1. The van der Waals surface area contributed by atoms with Crippen molar-refractivity contribution in [2.45, 2.75) is 50.9 Å². The first kappa shape index (κ1) is 16.8. The largest absolute Gasteiger partial charge is 0.496 e. The summed E-state index contributed by atoms with van der Waals surface area (Å²) < 4.78 is 11.0. The molecule has 1 aliphatic heterocycles. The van der Waals surface area contributed by atoms with E-state index in [0.29, 0.717) is 13.0 Å². The van der Waals surface area contributed by atoms with E-state index in [1.807, 2.05) is 38.1 Å². The van der Waals surface area contributed by atoms with Crippen molar-refractivity contribution < 1.29 is 14.3 Å². The van der Waals surface area contributed by atoms with Crippen molar-refractivity contribution >= 4 is 5.91 Å². The lowest BCUT2D eigenvalue weighted by molar-refractivity contribution is -0.133. The van der Waals surface area contributed by atoms with Gasteiger partial charge in [0, 0.05) is 12.1 Å². The normalized spacial score (nSPS) is 21.6. The number of carbonyl (C=O) groups is 1. The van der Waals surface area contributed by atoms with Gasteiger partial charge in [-0.15, -0.1) is 0 Å². The molecule has 0 unspecified atom stereocenters. The van der Waals surface area contributed by atoms with Crippen molar-refractivity contribution in [1.29, 1.82) is 0 Å². The number of amides is 1. The van der Waals surface area contributed by atoms with Gasteiger partial charge in [0.15, 0.2) is 0 Å². The molecule has 1 aromatic carbocycles.